The van der Waals surface area contributed by atoms with Gasteiger partial charge in [-0.25, -0.2) is 0 Å². The van der Waals surface area contributed by atoms with E-state index in [9.17, 15) is 5.11 Å². The van der Waals surface area contributed by atoms with Crippen LogP contribution < -0.4 is 0 Å². The largest absolute Gasteiger partial charge is 0.388 e. The van der Waals surface area contributed by atoms with Gasteiger partial charge in [0.25, 0.3) is 0 Å². The average Bonchev–Trinajstić information content (AvgIpc) is 2.07. The zero-order valence-corrected chi connectivity index (χ0v) is 9.16. The van der Waals surface area contributed by atoms with E-state index in [0.29, 0.717) is 0 Å². The Bertz CT molecular complexity index is 153. The highest BCUT2D eigenvalue weighted by Gasteiger charge is 2.35. The number of aliphatic hydroxyl groups is 1. The van der Waals surface area contributed by atoms with E-state index in [-0.39, 0.29) is 0 Å². The first-order valence-corrected chi connectivity index (χ1v) is 5.15. The van der Waals surface area contributed by atoms with Crippen LogP contribution in [-0.2, 0) is 9.47 Å². The Hall–Kier alpha value is -0.160. The molecule has 0 atom stereocenters. The first kappa shape index (κ1) is 11.9. The third-order valence-corrected chi connectivity index (χ3v) is 2.32. The minimum absolute atomic E-state index is 0.462. The highest BCUT2D eigenvalue weighted by atomic mass is 16.5. The van der Waals surface area contributed by atoms with Crippen molar-refractivity contribution in [2.45, 2.75) is 18.9 Å². The number of ether oxygens (including phenoxy) is 2. The normalized spacial score (nSPS) is 20.8. The summed E-state index contributed by atoms with van der Waals surface area (Å²) in [5, 5.41) is 9.46. The molecule has 1 aliphatic rings. The van der Waals surface area contributed by atoms with Crippen LogP contribution in [0.2, 0.25) is 0 Å². The van der Waals surface area contributed by atoms with Crippen molar-refractivity contribution >= 4 is 0 Å². The van der Waals surface area contributed by atoms with Gasteiger partial charge in [-0.15, -0.1) is 0 Å². The van der Waals surface area contributed by atoms with Crippen LogP contribution in [-0.4, -0.2) is 62.2 Å². The van der Waals surface area contributed by atoms with Gasteiger partial charge in [-0.05, 0) is 13.3 Å². The molecule has 0 bridgehead atoms. The fourth-order valence-corrected chi connectivity index (χ4v) is 1.68. The Labute approximate surface area is 85.8 Å². The van der Waals surface area contributed by atoms with E-state index in [1.54, 1.807) is 7.11 Å². The molecule has 0 aromatic heterocycles. The van der Waals surface area contributed by atoms with Crippen LogP contribution in [0.25, 0.3) is 0 Å². The summed E-state index contributed by atoms with van der Waals surface area (Å²) in [5.74, 6) is 0. The highest BCUT2D eigenvalue weighted by molar-refractivity contribution is 4.90. The van der Waals surface area contributed by atoms with Gasteiger partial charge in [-0.2, -0.15) is 0 Å². The lowest BCUT2D eigenvalue weighted by Crippen LogP contribution is -2.60. The van der Waals surface area contributed by atoms with Gasteiger partial charge in [0.2, 0.25) is 0 Å². The summed E-state index contributed by atoms with van der Waals surface area (Å²) in [6.07, 6.45) is 0.953. The van der Waals surface area contributed by atoms with Gasteiger partial charge in [0.15, 0.2) is 0 Å². The molecule has 1 N–H and O–H groups in total. The molecule has 0 spiro atoms. The van der Waals surface area contributed by atoms with E-state index in [4.69, 9.17) is 9.47 Å². The zero-order chi connectivity index (χ0) is 10.4. The van der Waals surface area contributed by atoms with Gasteiger partial charge < -0.3 is 14.6 Å². The van der Waals surface area contributed by atoms with Crippen molar-refractivity contribution in [2.75, 3.05) is 46.6 Å². The Balaban J connectivity index is 1.82. The standard InChI is InChI=1S/C10H21NO3/c1-10(12)8-11(9-10)4-7-14-6-3-5-13-2/h12H,3-9H2,1-2H3. The van der Waals surface area contributed by atoms with Crippen molar-refractivity contribution in [3.05, 3.63) is 0 Å². The molecule has 0 saturated carbocycles. The Morgan fingerprint density at radius 1 is 1.29 bits per heavy atom. The molecule has 0 amide bonds. The van der Waals surface area contributed by atoms with Crippen LogP contribution in [0.3, 0.4) is 0 Å². The molecule has 0 unspecified atom stereocenters. The quantitative estimate of drug-likeness (QED) is 0.596. The van der Waals surface area contributed by atoms with E-state index < -0.39 is 5.60 Å². The molecule has 0 radical (unpaired) electrons. The summed E-state index contributed by atoms with van der Waals surface area (Å²) in [6, 6.07) is 0. The topological polar surface area (TPSA) is 41.9 Å². The molecule has 1 fully saturated rings. The number of hydrogen-bond acceptors (Lipinski definition) is 4. The Morgan fingerprint density at radius 3 is 2.57 bits per heavy atom. The zero-order valence-electron chi connectivity index (χ0n) is 9.16. The molecular weight excluding hydrogens is 182 g/mol. The summed E-state index contributed by atoms with van der Waals surface area (Å²) in [5.41, 5.74) is -0.462. The second-order valence-electron chi connectivity index (χ2n) is 4.17. The molecule has 1 saturated heterocycles. The summed E-state index contributed by atoms with van der Waals surface area (Å²) in [7, 11) is 1.70. The van der Waals surface area contributed by atoms with Gasteiger partial charge >= 0.3 is 0 Å². The molecule has 1 rings (SSSR count). The second kappa shape index (κ2) is 5.66. The predicted molar refractivity (Wildman–Crippen MR) is 54.4 cm³/mol. The molecule has 84 valence electrons. The SMILES string of the molecule is COCCCOCCN1CC(C)(O)C1. The van der Waals surface area contributed by atoms with Gasteiger partial charge in [-0.1, -0.05) is 0 Å². The van der Waals surface area contributed by atoms with Crippen molar-refractivity contribution in [1.29, 1.82) is 0 Å². The lowest BCUT2D eigenvalue weighted by atomic mass is 9.97. The summed E-state index contributed by atoms with van der Waals surface area (Å²) in [6.45, 7) is 6.60. The minimum Gasteiger partial charge on any atom is -0.388 e. The van der Waals surface area contributed by atoms with Crippen molar-refractivity contribution < 1.29 is 14.6 Å². The second-order valence-corrected chi connectivity index (χ2v) is 4.17. The monoisotopic (exact) mass is 203 g/mol. The van der Waals surface area contributed by atoms with Crippen LogP contribution >= 0.6 is 0 Å². The smallest absolute Gasteiger partial charge is 0.0872 e. The first-order chi connectivity index (χ1) is 6.64. The maximum absolute atomic E-state index is 9.46. The summed E-state index contributed by atoms with van der Waals surface area (Å²) < 4.78 is 10.3. The number of nitrogens with zero attached hydrogens (tertiary/aromatic N) is 1. The molecule has 0 aromatic rings. The van der Waals surface area contributed by atoms with Crippen molar-refractivity contribution in [3.8, 4) is 0 Å². The lowest BCUT2D eigenvalue weighted by Gasteiger charge is -2.44. The average molecular weight is 203 g/mol. The van der Waals surface area contributed by atoms with Crippen molar-refractivity contribution in [2.24, 2.45) is 0 Å². The first-order valence-electron chi connectivity index (χ1n) is 5.15. The van der Waals surface area contributed by atoms with Crippen LogP contribution in [0, 0.1) is 0 Å². The molecule has 1 aliphatic heterocycles. The molecular formula is C10H21NO3. The maximum atomic E-state index is 9.46. The number of rotatable bonds is 7. The fraction of sp³-hybridized carbons (Fsp3) is 1.00. The summed E-state index contributed by atoms with van der Waals surface area (Å²) in [4.78, 5) is 2.19. The van der Waals surface area contributed by atoms with Crippen LogP contribution in [0.4, 0.5) is 0 Å². The van der Waals surface area contributed by atoms with Gasteiger partial charge in [0.1, 0.15) is 0 Å². The van der Waals surface area contributed by atoms with E-state index in [1.165, 1.54) is 0 Å². The number of hydrogen-bond donors (Lipinski definition) is 1. The van der Waals surface area contributed by atoms with E-state index >= 15 is 0 Å². The van der Waals surface area contributed by atoms with Crippen LogP contribution in [0.1, 0.15) is 13.3 Å². The predicted octanol–water partition coefficient (Wildman–Crippen LogP) is 0.106. The van der Waals surface area contributed by atoms with E-state index in [2.05, 4.69) is 4.90 Å². The molecule has 0 aliphatic carbocycles. The fourth-order valence-electron chi connectivity index (χ4n) is 1.68. The number of likely N-dealkylation sites (tertiary alicyclic amines) is 1. The third-order valence-electron chi connectivity index (χ3n) is 2.32. The lowest BCUT2D eigenvalue weighted by molar-refractivity contribution is -0.0903. The third kappa shape index (κ3) is 4.37. The van der Waals surface area contributed by atoms with Crippen LogP contribution in [0.5, 0.6) is 0 Å². The molecule has 4 heteroatoms. The summed E-state index contributed by atoms with van der Waals surface area (Å²) >= 11 is 0. The minimum atomic E-state index is -0.462. The number of β-amino-alcohol motifs (C(OH)–C–C–N with tert-alkyl or cyclic N) is 1. The highest BCUT2D eigenvalue weighted by Crippen LogP contribution is 2.18. The maximum Gasteiger partial charge on any atom is 0.0872 e. The molecule has 0 aromatic carbocycles. The van der Waals surface area contributed by atoms with E-state index in [0.717, 1.165) is 45.9 Å². The van der Waals surface area contributed by atoms with Gasteiger partial charge in [0.05, 0.1) is 12.2 Å². The Kier molecular flexibility index (Phi) is 4.81. The van der Waals surface area contributed by atoms with E-state index in [1.807, 2.05) is 6.92 Å². The molecule has 4 nitrogen and oxygen atoms in total. The molecule has 1 heterocycles. The Morgan fingerprint density at radius 2 is 2.00 bits per heavy atom. The van der Waals surface area contributed by atoms with Crippen molar-refractivity contribution in [3.63, 3.8) is 0 Å². The van der Waals surface area contributed by atoms with Gasteiger partial charge in [-0.3, -0.25) is 4.90 Å². The number of methoxy groups -OCH3 is 1. The van der Waals surface area contributed by atoms with Gasteiger partial charge in [0, 0.05) is 40.0 Å². The van der Waals surface area contributed by atoms with Crippen LogP contribution in [0.15, 0.2) is 0 Å². The molecule has 14 heavy (non-hydrogen) atoms. The van der Waals surface area contributed by atoms with Crippen molar-refractivity contribution in [1.82, 2.24) is 4.90 Å².